The van der Waals surface area contributed by atoms with Crippen molar-refractivity contribution in [1.29, 1.82) is 0 Å². The van der Waals surface area contributed by atoms with Crippen LogP contribution in [-0.2, 0) is 11.3 Å². The summed E-state index contributed by atoms with van der Waals surface area (Å²) in [6.07, 6.45) is 5.94. The van der Waals surface area contributed by atoms with E-state index in [1.165, 1.54) is 0 Å². The molecule has 0 radical (unpaired) electrons. The van der Waals surface area contributed by atoms with Crippen LogP contribution < -0.4 is 10.1 Å². The van der Waals surface area contributed by atoms with Gasteiger partial charge in [0.25, 0.3) is 5.91 Å². The highest BCUT2D eigenvalue weighted by Gasteiger charge is 2.22. The highest BCUT2D eigenvalue weighted by Crippen LogP contribution is 2.31. The van der Waals surface area contributed by atoms with E-state index in [4.69, 9.17) is 14.6 Å². The van der Waals surface area contributed by atoms with Crippen LogP contribution in [0.1, 0.15) is 47.4 Å². The van der Waals surface area contributed by atoms with Gasteiger partial charge in [-0.2, -0.15) is 10.2 Å². The predicted molar refractivity (Wildman–Crippen MR) is 156 cm³/mol. The van der Waals surface area contributed by atoms with Crippen molar-refractivity contribution in [2.24, 2.45) is 0 Å². The molecule has 4 aromatic rings. The van der Waals surface area contributed by atoms with E-state index < -0.39 is 0 Å². The van der Waals surface area contributed by atoms with Crippen molar-refractivity contribution >= 4 is 5.91 Å². The lowest BCUT2D eigenvalue weighted by molar-refractivity contribution is -0.0286. The van der Waals surface area contributed by atoms with Gasteiger partial charge in [0.05, 0.1) is 37.2 Å². The van der Waals surface area contributed by atoms with Crippen molar-refractivity contribution in [1.82, 2.24) is 29.8 Å². The highest BCUT2D eigenvalue weighted by molar-refractivity contribution is 5.96. The quantitative estimate of drug-likeness (QED) is 0.295. The fourth-order valence-electron chi connectivity index (χ4n) is 4.61. The third-order valence-electron chi connectivity index (χ3n) is 7.25. The minimum atomic E-state index is -0.243. The van der Waals surface area contributed by atoms with Gasteiger partial charge in [-0.25, -0.2) is 0 Å². The molecule has 0 aliphatic carbocycles. The minimum Gasteiger partial charge on any atom is -0.492 e. The molecule has 210 valence electrons. The van der Waals surface area contributed by atoms with Crippen LogP contribution in [0.2, 0.25) is 0 Å². The Bertz CT molecular complexity index is 1470. The molecule has 1 N–H and O–H groups in total. The Morgan fingerprint density at radius 3 is 2.65 bits per heavy atom. The average molecular weight is 543 g/mol. The van der Waals surface area contributed by atoms with Crippen molar-refractivity contribution in [3.8, 4) is 28.1 Å². The molecule has 1 amide bonds. The van der Waals surface area contributed by atoms with Crippen molar-refractivity contribution in [3.63, 3.8) is 0 Å². The Balaban J connectivity index is 1.41. The van der Waals surface area contributed by atoms with Crippen LogP contribution in [0.25, 0.3) is 22.4 Å². The molecule has 1 fully saturated rings. The maximum Gasteiger partial charge on any atom is 0.252 e. The normalized spacial score (nSPS) is 14.2. The van der Waals surface area contributed by atoms with Crippen LogP contribution in [0.15, 0.2) is 61.1 Å². The van der Waals surface area contributed by atoms with Crippen molar-refractivity contribution in [2.75, 3.05) is 40.5 Å². The van der Waals surface area contributed by atoms with E-state index in [0.717, 1.165) is 46.6 Å². The molecule has 1 saturated heterocycles. The standard InChI is InChI=1S/C31H38N6O3/c1-6-36-10-9-30(34-36)25-14-23(13-24(15-25)26-17-32-37(18-26)27-19-39-20-27)22(3)33-31(38)29-16-28(8-7-21(29)2)40-12-11-35(4)5/h7-10,13-18,22,27H,6,11-12,19-20H2,1-5H3,(H,33,38)/t22-/m1/s1. The van der Waals surface area contributed by atoms with Gasteiger partial charge in [0.2, 0.25) is 0 Å². The summed E-state index contributed by atoms with van der Waals surface area (Å²) < 4.78 is 15.1. The number of hydrogen-bond acceptors (Lipinski definition) is 6. The zero-order valence-corrected chi connectivity index (χ0v) is 23.9. The van der Waals surface area contributed by atoms with E-state index >= 15 is 0 Å². The summed E-state index contributed by atoms with van der Waals surface area (Å²) in [4.78, 5) is 15.5. The molecular formula is C31H38N6O3. The molecule has 1 aliphatic rings. The van der Waals surface area contributed by atoms with Crippen LogP contribution in [0.4, 0.5) is 0 Å². The summed E-state index contributed by atoms with van der Waals surface area (Å²) in [6.45, 7) is 9.54. The molecule has 1 atom stereocenters. The van der Waals surface area contributed by atoms with E-state index in [0.29, 0.717) is 31.1 Å². The fraction of sp³-hybridized carbons (Fsp3) is 0.387. The highest BCUT2D eigenvalue weighted by atomic mass is 16.5. The summed E-state index contributed by atoms with van der Waals surface area (Å²) in [5.41, 5.74) is 6.42. The summed E-state index contributed by atoms with van der Waals surface area (Å²) >= 11 is 0. The van der Waals surface area contributed by atoms with Crippen LogP contribution in [0.3, 0.4) is 0 Å². The van der Waals surface area contributed by atoms with Crippen LogP contribution in [0.5, 0.6) is 5.75 Å². The maximum atomic E-state index is 13.4. The summed E-state index contributed by atoms with van der Waals surface area (Å²) in [5, 5.41) is 12.5. The van der Waals surface area contributed by atoms with Crippen molar-refractivity contribution < 1.29 is 14.3 Å². The number of nitrogens with one attached hydrogen (secondary N) is 1. The van der Waals surface area contributed by atoms with E-state index in [2.05, 4.69) is 46.6 Å². The molecular weight excluding hydrogens is 504 g/mol. The molecule has 40 heavy (non-hydrogen) atoms. The number of nitrogens with zero attached hydrogens (tertiary/aromatic N) is 5. The number of rotatable bonds is 11. The lowest BCUT2D eigenvalue weighted by atomic mass is 9.96. The Hall–Kier alpha value is -3.95. The molecule has 0 spiro atoms. The average Bonchev–Trinajstić information content (AvgIpc) is 3.58. The minimum absolute atomic E-state index is 0.136. The van der Waals surface area contributed by atoms with E-state index in [1.54, 1.807) is 0 Å². The topological polar surface area (TPSA) is 86.4 Å². The molecule has 2 aromatic carbocycles. The van der Waals surface area contributed by atoms with E-state index in [-0.39, 0.29) is 18.0 Å². The molecule has 9 nitrogen and oxygen atoms in total. The maximum absolute atomic E-state index is 13.4. The Morgan fingerprint density at radius 2 is 1.95 bits per heavy atom. The first kappa shape index (κ1) is 27.6. The van der Waals surface area contributed by atoms with E-state index in [1.807, 2.05) is 74.0 Å². The molecule has 0 saturated carbocycles. The van der Waals surface area contributed by atoms with Crippen LogP contribution >= 0.6 is 0 Å². The zero-order chi connectivity index (χ0) is 28.2. The molecule has 2 aromatic heterocycles. The summed E-state index contributed by atoms with van der Waals surface area (Å²) in [5.74, 6) is 0.554. The van der Waals surface area contributed by atoms with Gasteiger partial charge in [0.1, 0.15) is 12.4 Å². The predicted octanol–water partition coefficient (Wildman–Crippen LogP) is 4.74. The van der Waals surface area contributed by atoms with E-state index in [9.17, 15) is 4.79 Å². The Kier molecular flexibility index (Phi) is 8.32. The Morgan fingerprint density at radius 1 is 1.15 bits per heavy atom. The van der Waals surface area contributed by atoms with Gasteiger partial charge in [0.15, 0.2) is 0 Å². The molecule has 0 unspecified atom stereocenters. The SMILES string of the molecule is CCn1ccc(-c2cc(-c3cnn(C4COC4)c3)cc([C@@H](C)NC(=O)c3cc(OCCN(C)C)ccc3C)c2)n1. The van der Waals surface area contributed by atoms with Gasteiger partial charge < -0.3 is 19.7 Å². The largest absolute Gasteiger partial charge is 0.492 e. The first-order valence-electron chi connectivity index (χ1n) is 13.8. The first-order valence-corrected chi connectivity index (χ1v) is 13.8. The number of ether oxygens (including phenoxy) is 2. The third kappa shape index (κ3) is 6.26. The summed E-state index contributed by atoms with van der Waals surface area (Å²) in [7, 11) is 4.01. The van der Waals surface area contributed by atoms with Crippen molar-refractivity contribution in [3.05, 3.63) is 77.7 Å². The molecule has 0 bridgehead atoms. The molecule has 5 rings (SSSR count). The summed E-state index contributed by atoms with van der Waals surface area (Å²) in [6, 6.07) is 14.1. The number of amides is 1. The number of aryl methyl sites for hydroxylation is 2. The number of aromatic nitrogens is 4. The zero-order valence-electron chi connectivity index (χ0n) is 23.9. The van der Waals surface area contributed by atoms with Crippen LogP contribution in [-0.4, -0.2) is 70.8 Å². The lowest BCUT2D eigenvalue weighted by Crippen LogP contribution is -2.30. The molecule has 1 aliphatic heterocycles. The second-order valence-corrected chi connectivity index (χ2v) is 10.6. The Labute approximate surface area is 235 Å². The molecule has 3 heterocycles. The van der Waals surface area contributed by atoms with Gasteiger partial charge in [-0.15, -0.1) is 0 Å². The monoisotopic (exact) mass is 542 g/mol. The number of likely N-dealkylation sites (N-methyl/N-ethyl adjacent to an activating group) is 1. The first-order chi connectivity index (χ1) is 19.3. The van der Waals surface area contributed by atoms with Crippen molar-refractivity contribution in [2.45, 2.75) is 39.4 Å². The van der Waals surface area contributed by atoms with Gasteiger partial charge in [0, 0.05) is 42.2 Å². The second kappa shape index (κ2) is 12.1. The smallest absolute Gasteiger partial charge is 0.252 e. The number of benzene rings is 2. The van der Waals surface area contributed by atoms with Crippen LogP contribution in [0, 0.1) is 6.92 Å². The van der Waals surface area contributed by atoms with Gasteiger partial charge in [-0.1, -0.05) is 6.07 Å². The molecule has 9 heteroatoms. The third-order valence-corrected chi connectivity index (χ3v) is 7.25. The second-order valence-electron chi connectivity index (χ2n) is 10.6. The van der Waals surface area contributed by atoms with Gasteiger partial charge >= 0.3 is 0 Å². The number of carbonyl (C=O) groups is 1. The lowest BCUT2D eigenvalue weighted by Gasteiger charge is -2.25. The fourth-order valence-corrected chi connectivity index (χ4v) is 4.61. The number of hydrogen-bond donors (Lipinski definition) is 1. The van der Waals surface area contributed by atoms with Gasteiger partial charge in [-0.05, 0) is 88.0 Å². The number of carbonyl (C=O) groups excluding carboxylic acids is 1. The van der Waals surface area contributed by atoms with Gasteiger partial charge in [-0.3, -0.25) is 14.2 Å².